The predicted octanol–water partition coefficient (Wildman–Crippen LogP) is 10.1. The molecule has 12 nitrogen and oxygen atoms in total. The Balaban J connectivity index is 0.000000421. The minimum atomic E-state index is -0.00765. The number of nitrogens with one attached hydrogen (secondary N) is 3. The van der Waals surface area contributed by atoms with Crippen LogP contribution in [0.25, 0.3) is 0 Å². The normalized spacial score (nSPS) is 21.8. The maximum atomic E-state index is 5.88. The number of hydrogen-bond acceptors (Lipinski definition) is 12. The van der Waals surface area contributed by atoms with Crippen LogP contribution in [0.2, 0.25) is 0 Å². The van der Waals surface area contributed by atoms with Crippen molar-refractivity contribution in [2.24, 2.45) is 10.8 Å². The summed E-state index contributed by atoms with van der Waals surface area (Å²) in [5.41, 5.74) is 2.26. The molecule has 0 bridgehead atoms. The van der Waals surface area contributed by atoms with Crippen LogP contribution in [0, 0.1) is 10.8 Å². The lowest BCUT2D eigenvalue weighted by Gasteiger charge is -2.37. The van der Waals surface area contributed by atoms with E-state index in [0.29, 0.717) is 17.6 Å². The molecule has 6 rings (SSSR count). The average Bonchev–Trinajstić information content (AvgIpc) is 3.76. The SMILES string of the molecule is C=C(N1CCNCC1)C(C)(C)C.CC(C)(C)CN1CCOCC1.CC(C)(C)NC1CCNC1.CC(C)(C)OC1CCCCC1.CC(C)(C)OCCN1CCCCC1.CC(C)(C)OCCN1CCOCC1. The molecule has 1 unspecified atom stereocenters. The zero-order valence-electron chi connectivity index (χ0n) is 49.9. The zero-order chi connectivity index (χ0) is 52.9. The van der Waals surface area contributed by atoms with Gasteiger partial charge in [-0.25, -0.2) is 0 Å². The molecular formula is C58H121N7O5. The quantitative estimate of drug-likeness (QED) is 0.195. The highest BCUT2D eigenvalue weighted by molar-refractivity contribution is 5.05. The Hall–Kier alpha value is -0.900. The van der Waals surface area contributed by atoms with E-state index < -0.39 is 0 Å². The highest BCUT2D eigenvalue weighted by Crippen LogP contribution is 2.27. The topological polar surface area (TPSA) is 95.2 Å². The largest absolute Gasteiger partial charge is 0.379 e. The van der Waals surface area contributed by atoms with E-state index in [1.54, 1.807) is 0 Å². The molecule has 12 heteroatoms. The molecule has 0 spiro atoms. The Morgan fingerprint density at radius 2 is 0.986 bits per heavy atom. The molecule has 5 heterocycles. The summed E-state index contributed by atoms with van der Waals surface area (Å²) in [5, 5.41) is 10.2. The third-order valence-corrected chi connectivity index (χ3v) is 12.4. The van der Waals surface area contributed by atoms with Gasteiger partial charge in [0.05, 0.1) is 62.5 Å². The van der Waals surface area contributed by atoms with Gasteiger partial charge in [-0.15, -0.1) is 0 Å². The molecule has 0 radical (unpaired) electrons. The molecule has 3 N–H and O–H groups in total. The van der Waals surface area contributed by atoms with Crippen LogP contribution < -0.4 is 16.0 Å². The molecule has 6 aliphatic rings. The van der Waals surface area contributed by atoms with Gasteiger partial charge in [0.2, 0.25) is 0 Å². The van der Waals surface area contributed by atoms with Crippen molar-refractivity contribution in [2.75, 3.05) is 138 Å². The van der Waals surface area contributed by atoms with Gasteiger partial charge >= 0.3 is 0 Å². The molecule has 0 aromatic heterocycles. The van der Waals surface area contributed by atoms with Crippen molar-refractivity contribution in [3.8, 4) is 0 Å². The minimum absolute atomic E-state index is 0.00765. The standard InChI is InChI=1S/C11H23NO.C10H20N2.C10H21NO2.C10H20O.C9H19NO.C8H18N2/c1-11(2,3)13-10-9-12-7-5-4-6-8-12;1-9(10(2,3)4)12-7-5-11-6-8-12;1-10(2,3)13-9-6-11-4-7-12-8-5-11;1-10(2,3)11-9-7-5-4-6-8-9;1-9(2,3)8-10-4-6-11-7-5-10;1-8(2,3)10-7-4-5-9-6-7/h4-10H2,1-3H3;11H,1,5-8H2,2-4H3;4-9H2,1-3H3;9H,4-8H2,1-3H3;4-8H2,1-3H3;7,9-10H,4-6H2,1-3H3. The molecule has 6 fully saturated rings. The van der Waals surface area contributed by atoms with Crippen LogP contribution >= 0.6 is 0 Å². The van der Waals surface area contributed by atoms with Crippen LogP contribution in [0.3, 0.4) is 0 Å². The van der Waals surface area contributed by atoms with E-state index in [1.807, 2.05) is 0 Å². The van der Waals surface area contributed by atoms with E-state index in [0.717, 1.165) is 112 Å². The smallest absolute Gasteiger partial charge is 0.0602 e. The summed E-state index contributed by atoms with van der Waals surface area (Å²) in [6.45, 7) is 65.5. The number of ether oxygens (including phenoxy) is 5. The Morgan fingerprint density at radius 3 is 1.39 bits per heavy atom. The van der Waals surface area contributed by atoms with Gasteiger partial charge in [0.25, 0.3) is 0 Å². The molecule has 0 aromatic carbocycles. The van der Waals surface area contributed by atoms with Gasteiger partial charge in [-0.2, -0.15) is 0 Å². The number of morpholine rings is 2. The number of piperidine rings is 1. The fourth-order valence-corrected chi connectivity index (χ4v) is 8.88. The van der Waals surface area contributed by atoms with Crippen molar-refractivity contribution >= 4 is 0 Å². The minimum Gasteiger partial charge on any atom is -0.379 e. The molecule has 418 valence electrons. The molecule has 0 aromatic rings. The first-order valence-corrected chi connectivity index (χ1v) is 28.3. The average molecular weight is 997 g/mol. The summed E-state index contributed by atoms with van der Waals surface area (Å²) >= 11 is 0. The summed E-state index contributed by atoms with van der Waals surface area (Å²) in [4.78, 5) is 9.75. The Labute approximate surface area is 435 Å². The molecule has 0 amide bonds. The first-order valence-electron chi connectivity index (χ1n) is 28.3. The van der Waals surface area contributed by atoms with Crippen molar-refractivity contribution in [2.45, 2.75) is 217 Å². The van der Waals surface area contributed by atoms with Crippen molar-refractivity contribution in [3.63, 3.8) is 0 Å². The summed E-state index contributed by atoms with van der Waals surface area (Å²) in [6.07, 6.45) is 12.7. The molecule has 5 aliphatic heterocycles. The lowest BCUT2D eigenvalue weighted by Crippen LogP contribution is -2.44. The van der Waals surface area contributed by atoms with Crippen LogP contribution in [0.15, 0.2) is 12.3 Å². The van der Waals surface area contributed by atoms with E-state index in [-0.39, 0.29) is 27.8 Å². The number of allylic oxidation sites excluding steroid dienone is 1. The number of rotatable bonds is 10. The van der Waals surface area contributed by atoms with Gasteiger partial charge in [0.1, 0.15) is 0 Å². The van der Waals surface area contributed by atoms with Crippen molar-refractivity contribution < 1.29 is 23.7 Å². The van der Waals surface area contributed by atoms with Crippen LogP contribution in [-0.4, -0.2) is 192 Å². The second kappa shape index (κ2) is 34.6. The molecule has 1 aliphatic carbocycles. The third-order valence-electron chi connectivity index (χ3n) is 12.4. The van der Waals surface area contributed by atoms with Crippen LogP contribution in [0.4, 0.5) is 0 Å². The molecule has 5 saturated heterocycles. The zero-order valence-corrected chi connectivity index (χ0v) is 49.9. The lowest BCUT2D eigenvalue weighted by molar-refractivity contribution is -0.0732. The van der Waals surface area contributed by atoms with Gasteiger partial charge in [0.15, 0.2) is 0 Å². The van der Waals surface area contributed by atoms with E-state index in [4.69, 9.17) is 23.7 Å². The fraction of sp³-hybridized carbons (Fsp3) is 0.966. The lowest BCUT2D eigenvalue weighted by atomic mass is 9.91. The van der Waals surface area contributed by atoms with Gasteiger partial charge in [-0.1, -0.05) is 73.8 Å². The summed E-state index contributed by atoms with van der Waals surface area (Å²) in [7, 11) is 0. The van der Waals surface area contributed by atoms with Gasteiger partial charge in [0, 0.05) is 101 Å². The number of hydrogen-bond donors (Lipinski definition) is 3. The summed E-state index contributed by atoms with van der Waals surface area (Å²) in [6, 6.07) is 0.694. The monoisotopic (exact) mass is 996 g/mol. The summed E-state index contributed by atoms with van der Waals surface area (Å²) < 4.78 is 27.8. The Kier molecular flexibility index (Phi) is 33.2. The van der Waals surface area contributed by atoms with Crippen LogP contribution in [0.1, 0.15) is 182 Å². The number of likely N-dealkylation sites (tertiary alicyclic amines) is 1. The van der Waals surface area contributed by atoms with Gasteiger partial charge < -0.3 is 49.4 Å². The number of piperazine rings is 1. The van der Waals surface area contributed by atoms with Gasteiger partial charge in [-0.3, -0.25) is 9.80 Å². The Bertz CT molecular complexity index is 1190. The molecule has 70 heavy (non-hydrogen) atoms. The summed E-state index contributed by atoms with van der Waals surface area (Å²) in [5.74, 6) is 0. The van der Waals surface area contributed by atoms with Crippen molar-refractivity contribution in [3.05, 3.63) is 12.3 Å². The maximum absolute atomic E-state index is 5.88. The second-order valence-electron chi connectivity index (χ2n) is 26.7. The maximum Gasteiger partial charge on any atom is 0.0602 e. The van der Waals surface area contributed by atoms with Crippen LogP contribution in [-0.2, 0) is 23.7 Å². The third kappa shape index (κ3) is 40.5. The molecule has 1 atom stereocenters. The van der Waals surface area contributed by atoms with Crippen molar-refractivity contribution in [1.29, 1.82) is 0 Å². The first-order chi connectivity index (χ1) is 32.4. The number of nitrogens with zero attached hydrogens (tertiary/aromatic N) is 4. The highest BCUT2D eigenvalue weighted by Gasteiger charge is 2.24. The molecular weight excluding hydrogens is 875 g/mol. The van der Waals surface area contributed by atoms with E-state index in [1.165, 1.54) is 89.7 Å². The van der Waals surface area contributed by atoms with E-state index in [9.17, 15) is 0 Å². The van der Waals surface area contributed by atoms with Crippen molar-refractivity contribution in [1.82, 2.24) is 35.6 Å². The fourth-order valence-electron chi connectivity index (χ4n) is 8.88. The molecule has 1 saturated carbocycles. The predicted molar refractivity (Wildman–Crippen MR) is 301 cm³/mol. The van der Waals surface area contributed by atoms with E-state index in [2.05, 4.69) is 167 Å². The second-order valence-corrected chi connectivity index (χ2v) is 26.7. The highest BCUT2D eigenvalue weighted by atomic mass is 16.5. The van der Waals surface area contributed by atoms with E-state index >= 15 is 0 Å². The Morgan fingerprint density at radius 1 is 0.529 bits per heavy atom. The van der Waals surface area contributed by atoms with Crippen LogP contribution in [0.5, 0.6) is 0 Å². The van der Waals surface area contributed by atoms with Gasteiger partial charge in [-0.05, 0) is 140 Å². The first kappa shape index (κ1) is 67.1.